The van der Waals surface area contributed by atoms with E-state index in [1.165, 1.54) is 0 Å². The number of pyridine rings is 1. The summed E-state index contributed by atoms with van der Waals surface area (Å²) in [7, 11) is 0. The third kappa shape index (κ3) is 1.52. The number of alkyl halides is 1. The molecule has 2 heterocycles. The van der Waals surface area contributed by atoms with Crippen LogP contribution in [0, 0.1) is 6.92 Å². The van der Waals surface area contributed by atoms with Crippen molar-refractivity contribution in [1.29, 1.82) is 0 Å². The molecule has 0 saturated heterocycles. The first-order valence-electron chi connectivity index (χ1n) is 3.90. The molecule has 68 valence electrons. The summed E-state index contributed by atoms with van der Waals surface area (Å²) in [4.78, 5) is 4.34. The second-order valence-corrected chi connectivity index (χ2v) is 3.64. The van der Waals surface area contributed by atoms with Crippen LogP contribution in [0.2, 0.25) is 5.02 Å². The first-order valence-corrected chi connectivity index (χ1v) is 4.81. The molecular formula is C9H8Cl2N2. The highest BCUT2D eigenvalue weighted by atomic mass is 35.5. The van der Waals surface area contributed by atoms with Gasteiger partial charge in [-0.15, -0.1) is 11.6 Å². The van der Waals surface area contributed by atoms with Crippen LogP contribution in [0.4, 0.5) is 0 Å². The summed E-state index contributed by atoms with van der Waals surface area (Å²) in [6.45, 7) is 1.98. The van der Waals surface area contributed by atoms with Crippen LogP contribution in [0.15, 0.2) is 18.5 Å². The van der Waals surface area contributed by atoms with Crippen molar-refractivity contribution in [3.8, 4) is 0 Å². The fraction of sp³-hybridized carbons (Fsp3) is 0.222. The maximum Gasteiger partial charge on any atom is 0.140 e. The molecule has 0 aliphatic rings. The van der Waals surface area contributed by atoms with E-state index in [2.05, 4.69) is 4.98 Å². The van der Waals surface area contributed by atoms with E-state index < -0.39 is 0 Å². The Morgan fingerprint density at radius 3 is 2.92 bits per heavy atom. The Hall–Kier alpha value is -0.730. The van der Waals surface area contributed by atoms with Gasteiger partial charge in [-0.05, 0) is 18.6 Å². The lowest BCUT2D eigenvalue weighted by atomic mass is 10.3. The molecule has 0 radical (unpaired) electrons. The Labute approximate surface area is 86.1 Å². The third-order valence-electron chi connectivity index (χ3n) is 1.89. The van der Waals surface area contributed by atoms with Crippen molar-refractivity contribution in [1.82, 2.24) is 9.38 Å². The molecule has 0 unspecified atom stereocenters. The van der Waals surface area contributed by atoms with Crippen LogP contribution in [0.1, 0.15) is 11.3 Å². The van der Waals surface area contributed by atoms with E-state index in [1.807, 2.05) is 29.8 Å². The number of aryl methyl sites for hydroxylation is 1. The predicted octanol–water partition coefficient (Wildman–Crippen LogP) is 3.03. The monoisotopic (exact) mass is 214 g/mol. The van der Waals surface area contributed by atoms with E-state index in [1.54, 1.807) is 0 Å². The zero-order valence-corrected chi connectivity index (χ0v) is 8.60. The molecular weight excluding hydrogens is 207 g/mol. The minimum atomic E-state index is 0.429. The fourth-order valence-electron chi connectivity index (χ4n) is 1.34. The second-order valence-electron chi connectivity index (χ2n) is 2.94. The SMILES string of the molecule is Cc1cc(Cl)cn2cc(CCl)nc12. The van der Waals surface area contributed by atoms with Crippen LogP contribution in [0.5, 0.6) is 0 Å². The predicted molar refractivity (Wildman–Crippen MR) is 54.5 cm³/mol. The molecule has 4 heteroatoms. The smallest absolute Gasteiger partial charge is 0.140 e. The highest BCUT2D eigenvalue weighted by molar-refractivity contribution is 6.30. The Bertz CT molecular complexity index is 448. The molecule has 2 aromatic rings. The van der Waals surface area contributed by atoms with Crippen LogP contribution in [0.3, 0.4) is 0 Å². The van der Waals surface area contributed by atoms with Gasteiger partial charge < -0.3 is 4.40 Å². The normalized spacial score (nSPS) is 11.0. The molecule has 0 aliphatic carbocycles. The number of aromatic nitrogens is 2. The quantitative estimate of drug-likeness (QED) is 0.668. The van der Waals surface area contributed by atoms with Gasteiger partial charge in [0, 0.05) is 12.4 Å². The molecule has 0 aliphatic heterocycles. The van der Waals surface area contributed by atoms with Crippen molar-refractivity contribution in [3.63, 3.8) is 0 Å². The first kappa shape index (κ1) is 8.85. The van der Waals surface area contributed by atoms with E-state index in [0.717, 1.165) is 16.9 Å². The fourth-order valence-corrected chi connectivity index (χ4v) is 1.74. The highest BCUT2D eigenvalue weighted by Gasteiger charge is 2.03. The molecule has 2 rings (SSSR count). The van der Waals surface area contributed by atoms with Gasteiger partial charge in [0.2, 0.25) is 0 Å². The van der Waals surface area contributed by atoms with E-state index >= 15 is 0 Å². The van der Waals surface area contributed by atoms with Crippen molar-refractivity contribution in [2.45, 2.75) is 12.8 Å². The molecule has 13 heavy (non-hydrogen) atoms. The number of halogens is 2. The summed E-state index contributed by atoms with van der Waals surface area (Å²) in [6, 6.07) is 1.89. The number of nitrogens with zero attached hydrogens (tertiary/aromatic N) is 2. The van der Waals surface area contributed by atoms with Gasteiger partial charge in [-0.2, -0.15) is 0 Å². The topological polar surface area (TPSA) is 17.3 Å². The Morgan fingerprint density at radius 2 is 2.23 bits per heavy atom. The summed E-state index contributed by atoms with van der Waals surface area (Å²) in [5.41, 5.74) is 2.84. The number of hydrogen-bond donors (Lipinski definition) is 0. The van der Waals surface area contributed by atoms with Crippen molar-refractivity contribution in [2.24, 2.45) is 0 Å². The molecule has 0 atom stereocenters. The highest BCUT2D eigenvalue weighted by Crippen LogP contribution is 2.17. The maximum atomic E-state index is 5.89. The lowest BCUT2D eigenvalue weighted by Gasteiger charge is -1.97. The number of hydrogen-bond acceptors (Lipinski definition) is 1. The van der Waals surface area contributed by atoms with Crippen LogP contribution in [0.25, 0.3) is 5.65 Å². The molecule has 0 bridgehead atoms. The van der Waals surface area contributed by atoms with E-state index in [-0.39, 0.29) is 0 Å². The van der Waals surface area contributed by atoms with Crippen LogP contribution >= 0.6 is 23.2 Å². The summed E-state index contributed by atoms with van der Waals surface area (Å²) in [6.07, 6.45) is 3.72. The molecule has 0 fully saturated rings. The average molecular weight is 215 g/mol. The Balaban J connectivity index is 2.75. The van der Waals surface area contributed by atoms with E-state index in [0.29, 0.717) is 10.9 Å². The summed E-state index contributed by atoms with van der Waals surface area (Å²) in [5, 5.41) is 0.712. The Kier molecular flexibility index (Phi) is 2.18. The average Bonchev–Trinajstić information content (AvgIpc) is 2.47. The van der Waals surface area contributed by atoms with Crippen LogP contribution < -0.4 is 0 Å². The second kappa shape index (κ2) is 3.20. The van der Waals surface area contributed by atoms with Crippen LogP contribution in [-0.4, -0.2) is 9.38 Å². The van der Waals surface area contributed by atoms with Gasteiger partial charge >= 0.3 is 0 Å². The van der Waals surface area contributed by atoms with Gasteiger partial charge in [-0.25, -0.2) is 4.98 Å². The van der Waals surface area contributed by atoms with Crippen molar-refractivity contribution < 1.29 is 0 Å². The molecule has 2 nitrogen and oxygen atoms in total. The maximum absolute atomic E-state index is 5.89. The lowest BCUT2D eigenvalue weighted by molar-refractivity contribution is 1.16. The molecule has 2 aromatic heterocycles. The zero-order valence-electron chi connectivity index (χ0n) is 7.09. The number of fused-ring (bicyclic) bond motifs is 1. The van der Waals surface area contributed by atoms with Crippen molar-refractivity contribution >= 4 is 28.8 Å². The van der Waals surface area contributed by atoms with E-state index in [4.69, 9.17) is 23.2 Å². The summed E-state index contributed by atoms with van der Waals surface area (Å²) >= 11 is 11.6. The standard InChI is InChI=1S/C9H8Cl2N2/c1-6-2-7(11)4-13-5-8(3-10)12-9(6)13/h2,4-5H,3H2,1H3. The third-order valence-corrected chi connectivity index (χ3v) is 2.37. The van der Waals surface area contributed by atoms with Gasteiger partial charge in [0.25, 0.3) is 0 Å². The summed E-state index contributed by atoms with van der Waals surface area (Å²) in [5.74, 6) is 0.429. The van der Waals surface area contributed by atoms with Crippen molar-refractivity contribution in [2.75, 3.05) is 0 Å². The van der Waals surface area contributed by atoms with Crippen LogP contribution in [-0.2, 0) is 5.88 Å². The van der Waals surface area contributed by atoms with Gasteiger partial charge in [0.15, 0.2) is 0 Å². The zero-order chi connectivity index (χ0) is 9.42. The summed E-state index contributed by atoms with van der Waals surface area (Å²) < 4.78 is 1.90. The molecule has 0 N–H and O–H groups in total. The number of rotatable bonds is 1. The molecule has 0 amide bonds. The minimum absolute atomic E-state index is 0.429. The van der Waals surface area contributed by atoms with Gasteiger partial charge in [0.05, 0.1) is 16.6 Å². The van der Waals surface area contributed by atoms with Gasteiger partial charge in [-0.3, -0.25) is 0 Å². The number of imidazole rings is 1. The first-order chi connectivity index (χ1) is 6.20. The van der Waals surface area contributed by atoms with E-state index in [9.17, 15) is 0 Å². The minimum Gasteiger partial charge on any atom is -0.305 e. The van der Waals surface area contributed by atoms with Gasteiger partial charge in [0.1, 0.15) is 5.65 Å². The molecule has 0 spiro atoms. The lowest BCUT2D eigenvalue weighted by Crippen LogP contribution is -1.85. The van der Waals surface area contributed by atoms with Crippen molar-refractivity contribution in [3.05, 3.63) is 34.7 Å². The molecule has 0 saturated carbocycles. The van der Waals surface area contributed by atoms with Gasteiger partial charge in [-0.1, -0.05) is 11.6 Å². The largest absolute Gasteiger partial charge is 0.305 e. The Morgan fingerprint density at radius 1 is 1.46 bits per heavy atom. The molecule has 0 aromatic carbocycles.